The summed E-state index contributed by atoms with van der Waals surface area (Å²) in [7, 11) is 1.73. The van der Waals surface area contributed by atoms with Crippen LogP contribution in [0, 0.1) is 0 Å². The second-order valence-corrected chi connectivity index (χ2v) is 6.44. The average molecular weight is 395 g/mol. The zero-order chi connectivity index (χ0) is 17.4. The number of benzene rings is 1. The van der Waals surface area contributed by atoms with E-state index in [2.05, 4.69) is 50.6 Å². The van der Waals surface area contributed by atoms with Crippen LogP contribution in [0.1, 0.15) is 31.2 Å². The molecule has 1 aromatic heterocycles. The molecule has 0 saturated heterocycles. The highest BCUT2D eigenvalue weighted by Crippen LogP contribution is 2.16. The topological polar surface area (TPSA) is 71.7 Å². The summed E-state index contributed by atoms with van der Waals surface area (Å²) in [5.74, 6) is 2.67. The molecule has 130 valence electrons. The molecule has 0 spiro atoms. The van der Waals surface area contributed by atoms with Gasteiger partial charge in [-0.3, -0.25) is 4.99 Å². The van der Waals surface area contributed by atoms with Crippen LogP contribution in [-0.2, 0) is 6.54 Å². The Hall–Kier alpha value is -2.02. The Morgan fingerprint density at radius 3 is 2.67 bits per heavy atom. The van der Waals surface area contributed by atoms with E-state index in [1.807, 2.05) is 30.3 Å². The van der Waals surface area contributed by atoms with Crippen molar-refractivity contribution in [2.45, 2.75) is 26.3 Å². The Labute approximate surface area is 150 Å². The van der Waals surface area contributed by atoms with Crippen LogP contribution in [0.15, 0.2) is 44.3 Å². The lowest BCUT2D eigenvalue weighted by atomic mass is 10.1. The standard InChI is InChI=1S/C17H23BrN4O2/c1-12(2)16-10-15(24-22-16)11-21-17(19-3)20-8-9-23-14-6-4-13(18)5-7-14/h4-7,10,12H,8-9,11H2,1-3H3,(H2,19,20,21). The summed E-state index contributed by atoms with van der Waals surface area (Å²) in [5.41, 5.74) is 0.956. The number of halogens is 1. The van der Waals surface area contributed by atoms with Crippen molar-refractivity contribution in [2.24, 2.45) is 4.99 Å². The molecule has 0 radical (unpaired) electrons. The predicted molar refractivity (Wildman–Crippen MR) is 98.4 cm³/mol. The van der Waals surface area contributed by atoms with Crippen molar-refractivity contribution < 1.29 is 9.26 Å². The molecule has 24 heavy (non-hydrogen) atoms. The van der Waals surface area contributed by atoms with Crippen molar-refractivity contribution in [3.8, 4) is 5.75 Å². The van der Waals surface area contributed by atoms with Crippen molar-refractivity contribution in [3.63, 3.8) is 0 Å². The highest BCUT2D eigenvalue weighted by molar-refractivity contribution is 9.10. The second kappa shape index (κ2) is 9.32. The van der Waals surface area contributed by atoms with Gasteiger partial charge in [-0.15, -0.1) is 0 Å². The third-order valence-electron chi connectivity index (χ3n) is 3.30. The van der Waals surface area contributed by atoms with Gasteiger partial charge in [0.05, 0.1) is 18.8 Å². The van der Waals surface area contributed by atoms with E-state index in [-0.39, 0.29) is 0 Å². The molecule has 0 atom stereocenters. The fraction of sp³-hybridized carbons (Fsp3) is 0.412. The Kier molecular flexibility index (Phi) is 7.11. The summed E-state index contributed by atoms with van der Waals surface area (Å²) in [6, 6.07) is 9.71. The number of ether oxygens (including phenoxy) is 1. The SMILES string of the molecule is CN=C(NCCOc1ccc(Br)cc1)NCc1cc(C(C)C)no1. The van der Waals surface area contributed by atoms with Crippen LogP contribution < -0.4 is 15.4 Å². The lowest BCUT2D eigenvalue weighted by molar-refractivity contribution is 0.321. The van der Waals surface area contributed by atoms with E-state index in [0.717, 1.165) is 21.7 Å². The van der Waals surface area contributed by atoms with E-state index < -0.39 is 0 Å². The maximum Gasteiger partial charge on any atom is 0.191 e. The van der Waals surface area contributed by atoms with Gasteiger partial charge in [-0.1, -0.05) is 34.9 Å². The second-order valence-electron chi connectivity index (χ2n) is 5.53. The van der Waals surface area contributed by atoms with Crippen LogP contribution in [0.4, 0.5) is 0 Å². The lowest BCUT2D eigenvalue weighted by Gasteiger charge is -2.11. The zero-order valence-electron chi connectivity index (χ0n) is 14.2. The third-order valence-corrected chi connectivity index (χ3v) is 3.83. The summed E-state index contributed by atoms with van der Waals surface area (Å²) in [6.07, 6.45) is 0. The molecule has 0 aliphatic carbocycles. The van der Waals surface area contributed by atoms with E-state index in [0.29, 0.717) is 31.6 Å². The van der Waals surface area contributed by atoms with Gasteiger partial charge in [-0.25, -0.2) is 0 Å². The van der Waals surface area contributed by atoms with Gasteiger partial charge >= 0.3 is 0 Å². The fourth-order valence-corrected chi connectivity index (χ4v) is 2.21. The van der Waals surface area contributed by atoms with E-state index >= 15 is 0 Å². The first kappa shape index (κ1) is 18.3. The summed E-state index contributed by atoms with van der Waals surface area (Å²) < 4.78 is 12.0. The van der Waals surface area contributed by atoms with Crippen LogP contribution in [0.3, 0.4) is 0 Å². The summed E-state index contributed by atoms with van der Waals surface area (Å²) in [4.78, 5) is 4.17. The minimum absolute atomic E-state index is 0.357. The minimum atomic E-state index is 0.357. The van der Waals surface area contributed by atoms with Crippen molar-refractivity contribution in [1.82, 2.24) is 15.8 Å². The first-order chi connectivity index (χ1) is 11.6. The van der Waals surface area contributed by atoms with Crippen LogP contribution in [0.25, 0.3) is 0 Å². The molecule has 2 rings (SSSR count). The van der Waals surface area contributed by atoms with E-state index in [9.17, 15) is 0 Å². The molecule has 0 saturated carbocycles. The molecule has 0 unspecified atom stereocenters. The molecule has 1 heterocycles. The third kappa shape index (κ3) is 5.88. The summed E-state index contributed by atoms with van der Waals surface area (Å²) >= 11 is 3.40. The van der Waals surface area contributed by atoms with Gasteiger partial charge in [-0.2, -0.15) is 0 Å². The minimum Gasteiger partial charge on any atom is -0.492 e. The highest BCUT2D eigenvalue weighted by atomic mass is 79.9. The van der Waals surface area contributed by atoms with Gasteiger partial charge in [0.15, 0.2) is 11.7 Å². The fourth-order valence-electron chi connectivity index (χ4n) is 1.94. The number of aliphatic imine (C=N–C) groups is 1. The number of nitrogens with one attached hydrogen (secondary N) is 2. The number of guanidine groups is 1. The molecule has 0 bridgehead atoms. The van der Waals surface area contributed by atoms with Crippen molar-refractivity contribution >= 4 is 21.9 Å². The molecule has 2 aromatic rings. The Morgan fingerprint density at radius 2 is 2.04 bits per heavy atom. The first-order valence-electron chi connectivity index (χ1n) is 7.87. The first-order valence-corrected chi connectivity index (χ1v) is 8.66. The number of rotatable bonds is 7. The van der Waals surface area contributed by atoms with Crippen LogP contribution in [0.5, 0.6) is 5.75 Å². The summed E-state index contributed by atoms with van der Waals surface area (Å²) in [5, 5.41) is 10.4. The molecule has 1 aromatic carbocycles. The maximum absolute atomic E-state index is 5.65. The van der Waals surface area contributed by atoms with Crippen LogP contribution in [0.2, 0.25) is 0 Å². The Morgan fingerprint density at radius 1 is 1.29 bits per heavy atom. The Bertz CT molecular complexity index is 653. The number of hydrogen-bond donors (Lipinski definition) is 2. The van der Waals surface area contributed by atoms with Crippen molar-refractivity contribution in [3.05, 3.63) is 46.3 Å². The Balaban J connectivity index is 1.69. The maximum atomic E-state index is 5.65. The highest BCUT2D eigenvalue weighted by Gasteiger charge is 2.08. The zero-order valence-corrected chi connectivity index (χ0v) is 15.8. The monoisotopic (exact) mass is 394 g/mol. The van der Waals surface area contributed by atoms with E-state index in [1.165, 1.54) is 0 Å². The van der Waals surface area contributed by atoms with Gasteiger partial charge < -0.3 is 19.9 Å². The number of hydrogen-bond acceptors (Lipinski definition) is 4. The molecule has 7 heteroatoms. The molecular weight excluding hydrogens is 372 g/mol. The van der Waals surface area contributed by atoms with Gasteiger partial charge in [0.2, 0.25) is 0 Å². The van der Waals surface area contributed by atoms with E-state index in [4.69, 9.17) is 9.26 Å². The predicted octanol–water partition coefficient (Wildman–Crippen LogP) is 3.30. The lowest BCUT2D eigenvalue weighted by Crippen LogP contribution is -2.38. The van der Waals surface area contributed by atoms with Crippen LogP contribution >= 0.6 is 15.9 Å². The molecule has 2 N–H and O–H groups in total. The quantitative estimate of drug-likeness (QED) is 0.428. The smallest absolute Gasteiger partial charge is 0.191 e. The molecule has 0 fully saturated rings. The average Bonchev–Trinajstić information content (AvgIpc) is 3.05. The molecule has 0 amide bonds. The van der Waals surface area contributed by atoms with Crippen molar-refractivity contribution in [2.75, 3.05) is 20.2 Å². The van der Waals surface area contributed by atoms with Gasteiger partial charge in [-0.05, 0) is 30.2 Å². The van der Waals surface area contributed by atoms with Crippen molar-refractivity contribution in [1.29, 1.82) is 0 Å². The molecule has 0 aliphatic rings. The summed E-state index contributed by atoms with van der Waals surface area (Å²) in [6.45, 7) is 5.89. The normalized spacial score (nSPS) is 11.6. The molecular formula is C17H23BrN4O2. The van der Waals surface area contributed by atoms with Gasteiger partial charge in [0.1, 0.15) is 12.4 Å². The molecule has 0 aliphatic heterocycles. The van der Waals surface area contributed by atoms with Gasteiger partial charge in [0.25, 0.3) is 0 Å². The largest absolute Gasteiger partial charge is 0.492 e. The number of aromatic nitrogens is 1. The van der Waals surface area contributed by atoms with E-state index in [1.54, 1.807) is 7.05 Å². The van der Waals surface area contributed by atoms with Crippen LogP contribution in [-0.4, -0.2) is 31.3 Å². The number of nitrogens with zero attached hydrogens (tertiary/aromatic N) is 2. The van der Waals surface area contributed by atoms with Gasteiger partial charge in [0, 0.05) is 17.6 Å². The molecule has 6 nitrogen and oxygen atoms in total.